The van der Waals surface area contributed by atoms with Crippen LogP contribution in [0, 0.1) is 0 Å². The molecule has 0 bridgehead atoms. The summed E-state index contributed by atoms with van der Waals surface area (Å²) in [6, 6.07) is 0. The number of aromatic nitrogens is 4. The minimum absolute atomic E-state index is 0.348. The van der Waals surface area contributed by atoms with E-state index in [2.05, 4.69) is 26.9 Å². The van der Waals surface area contributed by atoms with E-state index in [1.807, 2.05) is 0 Å². The van der Waals surface area contributed by atoms with Crippen LogP contribution in [0.2, 0.25) is 0 Å². The Balaban J connectivity index is 2.38. The Labute approximate surface area is 93.0 Å². The van der Waals surface area contributed by atoms with Gasteiger partial charge in [-0.25, -0.2) is 14.8 Å². The molecular formula is C11H14N4O. The number of aromatic amines is 1. The Morgan fingerprint density at radius 1 is 1.25 bits per heavy atom. The zero-order valence-electron chi connectivity index (χ0n) is 9.23. The molecule has 84 valence electrons. The SMILES string of the molecule is CCCCCc1[nH]c(=O)nc2nccnc12. The predicted octanol–water partition coefficient (Wildman–Crippen LogP) is 1.45. The molecule has 0 saturated carbocycles. The average molecular weight is 218 g/mol. The zero-order valence-corrected chi connectivity index (χ0v) is 9.23. The molecular weight excluding hydrogens is 204 g/mol. The van der Waals surface area contributed by atoms with Gasteiger partial charge < -0.3 is 4.98 Å². The van der Waals surface area contributed by atoms with Gasteiger partial charge in [-0.05, 0) is 12.8 Å². The van der Waals surface area contributed by atoms with Crippen molar-refractivity contribution in [2.45, 2.75) is 32.6 Å². The lowest BCUT2D eigenvalue weighted by Crippen LogP contribution is -2.14. The maximum absolute atomic E-state index is 11.3. The van der Waals surface area contributed by atoms with E-state index in [1.54, 1.807) is 12.4 Å². The van der Waals surface area contributed by atoms with Crippen molar-refractivity contribution in [2.24, 2.45) is 0 Å². The molecule has 0 aromatic carbocycles. The van der Waals surface area contributed by atoms with Crippen LogP contribution in [-0.4, -0.2) is 19.9 Å². The zero-order chi connectivity index (χ0) is 11.4. The fourth-order valence-electron chi connectivity index (χ4n) is 1.67. The number of rotatable bonds is 4. The van der Waals surface area contributed by atoms with Crippen molar-refractivity contribution in [1.82, 2.24) is 19.9 Å². The van der Waals surface area contributed by atoms with Crippen molar-refractivity contribution in [1.29, 1.82) is 0 Å². The van der Waals surface area contributed by atoms with Crippen molar-refractivity contribution in [2.75, 3.05) is 0 Å². The molecule has 0 spiro atoms. The van der Waals surface area contributed by atoms with E-state index in [4.69, 9.17) is 0 Å². The maximum atomic E-state index is 11.3. The molecule has 0 aliphatic rings. The summed E-state index contributed by atoms with van der Waals surface area (Å²) in [5, 5.41) is 0. The molecule has 0 amide bonds. The van der Waals surface area contributed by atoms with Crippen LogP contribution in [0.1, 0.15) is 31.9 Å². The Hall–Kier alpha value is -1.78. The molecule has 2 heterocycles. The largest absolute Gasteiger partial charge is 0.347 e. The Kier molecular flexibility index (Phi) is 3.24. The van der Waals surface area contributed by atoms with Gasteiger partial charge in [0.05, 0.1) is 0 Å². The maximum Gasteiger partial charge on any atom is 0.347 e. The van der Waals surface area contributed by atoms with Crippen molar-refractivity contribution in [3.63, 3.8) is 0 Å². The molecule has 2 aromatic rings. The molecule has 5 nitrogen and oxygen atoms in total. The summed E-state index contributed by atoms with van der Waals surface area (Å²) in [7, 11) is 0. The highest BCUT2D eigenvalue weighted by Crippen LogP contribution is 2.10. The molecule has 2 aromatic heterocycles. The lowest BCUT2D eigenvalue weighted by atomic mass is 10.1. The van der Waals surface area contributed by atoms with Crippen molar-refractivity contribution in [3.05, 3.63) is 28.6 Å². The van der Waals surface area contributed by atoms with E-state index in [0.29, 0.717) is 11.2 Å². The van der Waals surface area contributed by atoms with Gasteiger partial charge >= 0.3 is 5.69 Å². The van der Waals surface area contributed by atoms with Crippen LogP contribution in [0.15, 0.2) is 17.2 Å². The number of fused-ring (bicyclic) bond motifs is 1. The molecule has 1 N–H and O–H groups in total. The van der Waals surface area contributed by atoms with E-state index >= 15 is 0 Å². The number of aryl methyl sites for hydroxylation is 1. The van der Waals surface area contributed by atoms with Gasteiger partial charge in [0.1, 0.15) is 5.52 Å². The van der Waals surface area contributed by atoms with E-state index in [-0.39, 0.29) is 5.69 Å². The molecule has 0 atom stereocenters. The molecule has 0 fully saturated rings. The third-order valence-electron chi connectivity index (χ3n) is 2.46. The molecule has 2 rings (SSSR count). The fourth-order valence-corrected chi connectivity index (χ4v) is 1.67. The first-order chi connectivity index (χ1) is 7.81. The summed E-state index contributed by atoms with van der Waals surface area (Å²) in [5.74, 6) is 0. The number of H-pyrrole nitrogens is 1. The first kappa shape index (κ1) is 10.7. The average Bonchev–Trinajstić information content (AvgIpc) is 2.29. The summed E-state index contributed by atoms with van der Waals surface area (Å²) in [6.45, 7) is 2.15. The Bertz CT molecular complexity index is 535. The van der Waals surface area contributed by atoms with Gasteiger partial charge in [0.25, 0.3) is 0 Å². The third kappa shape index (κ3) is 2.24. The molecule has 5 heteroatoms. The highest BCUT2D eigenvalue weighted by atomic mass is 16.1. The molecule has 0 unspecified atom stereocenters. The number of nitrogens with one attached hydrogen (secondary N) is 1. The number of nitrogens with zero attached hydrogens (tertiary/aromatic N) is 3. The van der Waals surface area contributed by atoms with Crippen LogP contribution in [0.4, 0.5) is 0 Å². The Morgan fingerprint density at radius 3 is 2.88 bits per heavy atom. The standard InChI is InChI=1S/C11H14N4O/c1-2-3-4-5-8-9-10(13-7-6-12-9)15-11(16)14-8/h6-7H,2-5H2,1H3,(H,13,14,15,16). The van der Waals surface area contributed by atoms with E-state index in [9.17, 15) is 4.79 Å². The summed E-state index contributed by atoms with van der Waals surface area (Å²) in [6.07, 6.45) is 7.32. The van der Waals surface area contributed by atoms with E-state index < -0.39 is 0 Å². The van der Waals surface area contributed by atoms with E-state index in [0.717, 1.165) is 31.4 Å². The molecule has 16 heavy (non-hydrogen) atoms. The van der Waals surface area contributed by atoms with Gasteiger partial charge in [-0.1, -0.05) is 19.8 Å². The normalized spacial score (nSPS) is 10.8. The lowest BCUT2D eigenvalue weighted by Gasteiger charge is -2.03. The summed E-state index contributed by atoms with van der Waals surface area (Å²) >= 11 is 0. The van der Waals surface area contributed by atoms with Crippen molar-refractivity contribution in [3.8, 4) is 0 Å². The fraction of sp³-hybridized carbons (Fsp3) is 0.455. The quantitative estimate of drug-likeness (QED) is 0.788. The van der Waals surface area contributed by atoms with Gasteiger partial charge in [-0.2, -0.15) is 4.98 Å². The van der Waals surface area contributed by atoms with Gasteiger partial charge in [0.2, 0.25) is 0 Å². The molecule has 0 aliphatic carbocycles. The lowest BCUT2D eigenvalue weighted by molar-refractivity contribution is 0.706. The number of hydrogen-bond donors (Lipinski definition) is 1. The van der Waals surface area contributed by atoms with Crippen molar-refractivity contribution < 1.29 is 0 Å². The summed E-state index contributed by atoms with van der Waals surface area (Å²) in [5.41, 5.74) is 1.63. The second kappa shape index (κ2) is 4.83. The molecule has 0 aliphatic heterocycles. The topological polar surface area (TPSA) is 71.5 Å². The monoisotopic (exact) mass is 218 g/mol. The highest BCUT2D eigenvalue weighted by molar-refractivity contribution is 5.71. The van der Waals surface area contributed by atoms with Gasteiger partial charge in [0, 0.05) is 18.1 Å². The van der Waals surface area contributed by atoms with Crippen LogP contribution in [0.25, 0.3) is 11.2 Å². The molecule has 0 saturated heterocycles. The van der Waals surface area contributed by atoms with Crippen LogP contribution in [-0.2, 0) is 6.42 Å². The first-order valence-corrected chi connectivity index (χ1v) is 5.51. The van der Waals surface area contributed by atoms with Crippen LogP contribution in [0.3, 0.4) is 0 Å². The van der Waals surface area contributed by atoms with Crippen LogP contribution < -0.4 is 5.69 Å². The van der Waals surface area contributed by atoms with Crippen LogP contribution >= 0.6 is 0 Å². The number of unbranched alkanes of at least 4 members (excludes halogenated alkanes) is 2. The van der Waals surface area contributed by atoms with E-state index in [1.165, 1.54) is 0 Å². The van der Waals surface area contributed by atoms with Gasteiger partial charge in [-0.15, -0.1) is 0 Å². The van der Waals surface area contributed by atoms with Gasteiger partial charge in [-0.3, -0.25) is 0 Å². The summed E-state index contributed by atoms with van der Waals surface area (Å²) in [4.78, 5) is 26.1. The Morgan fingerprint density at radius 2 is 2.06 bits per heavy atom. The second-order valence-electron chi connectivity index (χ2n) is 3.71. The first-order valence-electron chi connectivity index (χ1n) is 5.51. The third-order valence-corrected chi connectivity index (χ3v) is 2.46. The van der Waals surface area contributed by atoms with Crippen LogP contribution in [0.5, 0.6) is 0 Å². The second-order valence-corrected chi connectivity index (χ2v) is 3.71. The summed E-state index contributed by atoms with van der Waals surface area (Å²) < 4.78 is 0. The molecule has 0 radical (unpaired) electrons. The predicted molar refractivity (Wildman–Crippen MR) is 61.2 cm³/mol. The van der Waals surface area contributed by atoms with Gasteiger partial charge in [0.15, 0.2) is 5.65 Å². The van der Waals surface area contributed by atoms with Crippen molar-refractivity contribution >= 4 is 11.2 Å². The number of hydrogen-bond acceptors (Lipinski definition) is 4. The minimum atomic E-state index is -0.348. The smallest absolute Gasteiger partial charge is 0.307 e. The minimum Gasteiger partial charge on any atom is -0.307 e. The highest BCUT2D eigenvalue weighted by Gasteiger charge is 2.05.